The number of hydrogen-bond donors (Lipinski definition) is 0. The zero-order valence-corrected chi connectivity index (χ0v) is 7.45. The van der Waals surface area contributed by atoms with Crippen LogP contribution in [0.15, 0.2) is 12.7 Å². The van der Waals surface area contributed by atoms with Crippen LogP contribution < -0.4 is 0 Å². The van der Waals surface area contributed by atoms with E-state index in [-0.39, 0.29) is 12.1 Å². The molecule has 0 aromatic carbocycles. The van der Waals surface area contributed by atoms with Crippen LogP contribution in [0.5, 0.6) is 0 Å². The Morgan fingerprint density at radius 3 is 2.67 bits per heavy atom. The quantitative estimate of drug-likeness (QED) is 0.452. The number of ether oxygens (including phenoxy) is 1. The Bertz CT molecular complexity index is 171. The summed E-state index contributed by atoms with van der Waals surface area (Å²) >= 11 is 0. The second-order valence-electron chi connectivity index (χ2n) is 3.14. The molecule has 1 rings (SSSR count). The van der Waals surface area contributed by atoms with Gasteiger partial charge in [0.2, 0.25) is 0 Å². The van der Waals surface area contributed by atoms with Gasteiger partial charge < -0.3 is 9.64 Å². The van der Waals surface area contributed by atoms with E-state index in [0.717, 1.165) is 25.9 Å². The third-order valence-electron chi connectivity index (χ3n) is 2.12. The minimum atomic E-state index is -0.301. The second kappa shape index (κ2) is 4.26. The van der Waals surface area contributed by atoms with Crippen LogP contribution in [0, 0.1) is 0 Å². The predicted molar refractivity (Wildman–Crippen MR) is 46.8 cm³/mol. The number of nitrogens with zero attached hydrogens (tertiary/aromatic N) is 1. The molecule has 3 heteroatoms. The Morgan fingerprint density at radius 2 is 2.17 bits per heavy atom. The minimum absolute atomic E-state index is 0.103. The number of carbonyl (C=O) groups excluding carboxylic acids is 1. The van der Waals surface area contributed by atoms with Gasteiger partial charge in [-0.15, -0.1) is 0 Å². The van der Waals surface area contributed by atoms with Crippen LogP contribution in [0.2, 0.25) is 0 Å². The van der Waals surface area contributed by atoms with E-state index in [1.807, 2.05) is 0 Å². The number of rotatable bonds is 2. The van der Waals surface area contributed by atoms with Crippen molar-refractivity contribution in [1.29, 1.82) is 0 Å². The topological polar surface area (TPSA) is 29.5 Å². The number of carbonyl (C=O) groups is 1. The molecule has 0 N–H and O–H groups in total. The van der Waals surface area contributed by atoms with Gasteiger partial charge in [-0.2, -0.15) is 0 Å². The molecule has 12 heavy (non-hydrogen) atoms. The third kappa shape index (κ3) is 2.66. The molecule has 1 aliphatic heterocycles. The van der Waals surface area contributed by atoms with Crippen LogP contribution >= 0.6 is 0 Å². The Morgan fingerprint density at radius 1 is 1.58 bits per heavy atom. The van der Waals surface area contributed by atoms with E-state index in [2.05, 4.69) is 18.5 Å². The van der Waals surface area contributed by atoms with Gasteiger partial charge >= 0.3 is 5.97 Å². The van der Waals surface area contributed by atoms with Crippen LogP contribution in [0.25, 0.3) is 0 Å². The van der Waals surface area contributed by atoms with Crippen molar-refractivity contribution in [2.45, 2.75) is 18.9 Å². The molecule has 1 aliphatic rings. The largest absolute Gasteiger partial charge is 0.459 e. The number of piperidine rings is 1. The van der Waals surface area contributed by atoms with Gasteiger partial charge in [0.05, 0.1) is 0 Å². The average Bonchev–Trinajstić information content (AvgIpc) is 2.09. The molecule has 0 aliphatic carbocycles. The van der Waals surface area contributed by atoms with Gasteiger partial charge in [-0.3, -0.25) is 0 Å². The second-order valence-corrected chi connectivity index (χ2v) is 3.14. The lowest BCUT2D eigenvalue weighted by Crippen LogP contribution is -2.35. The standard InChI is InChI=1S/C9H15NO2/c1-3-9(11)12-8-4-6-10(2)7-5-8/h3,8H,1,4-7H2,2H3. The van der Waals surface area contributed by atoms with E-state index < -0.39 is 0 Å². The average molecular weight is 169 g/mol. The molecule has 0 amide bonds. The van der Waals surface area contributed by atoms with Crippen molar-refractivity contribution >= 4 is 5.97 Å². The first kappa shape index (κ1) is 9.26. The van der Waals surface area contributed by atoms with Crippen molar-refractivity contribution in [3.63, 3.8) is 0 Å². The van der Waals surface area contributed by atoms with Crippen LogP contribution in [0.4, 0.5) is 0 Å². The first-order valence-corrected chi connectivity index (χ1v) is 4.24. The Kier molecular flexibility index (Phi) is 3.29. The molecular weight excluding hydrogens is 154 g/mol. The van der Waals surface area contributed by atoms with Crippen molar-refractivity contribution in [2.24, 2.45) is 0 Å². The zero-order valence-electron chi connectivity index (χ0n) is 7.45. The first-order chi connectivity index (χ1) is 5.72. The Labute approximate surface area is 73.0 Å². The summed E-state index contributed by atoms with van der Waals surface area (Å²) in [5, 5.41) is 0. The molecule has 0 radical (unpaired) electrons. The van der Waals surface area contributed by atoms with Crippen LogP contribution in [0.1, 0.15) is 12.8 Å². The van der Waals surface area contributed by atoms with E-state index in [0.29, 0.717) is 0 Å². The van der Waals surface area contributed by atoms with Crippen molar-refractivity contribution < 1.29 is 9.53 Å². The lowest BCUT2D eigenvalue weighted by molar-refractivity contribution is -0.144. The summed E-state index contributed by atoms with van der Waals surface area (Å²) in [5.41, 5.74) is 0. The summed E-state index contributed by atoms with van der Waals surface area (Å²) in [6.07, 6.45) is 3.21. The summed E-state index contributed by atoms with van der Waals surface area (Å²) in [5.74, 6) is -0.301. The minimum Gasteiger partial charge on any atom is -0.459 e. The van der Waals surface area contributed by atoms with E-state index in [1.54, 1.807) is 0 Å². The predicted octanol–water partition coefficient (Wildman–Crippen LogP) is 0.810. The normalized spacial score (nSPS) is 20.4. The smallest absolute Gasteiger partial charge is 0.330 e. The van der Waals surface area contributed by atoms with E-state index in [4.69, 9.17) is 4.74 Å². The van der Waals surface area contributed by atoms with Crippen molar-refractivity contribution in [2.75, 3.05) is 20.1 Å². The van der Waals surface area contributed by atoms with Gasteiger partial charge in [0.15, 0.2) is 0 Å². The molecule has 0 saturated carbocycles. The van der Waals surface area contributed by atoms with Crippen LogP contribution in [-0.4, -0.2) is 37.1 Å². The van der Waals surface area contributed by atoms with E-state index in [1.165, 1.54) is 6.08 Å². The van der Waals surface area contributed by atoms with Crippen LogP contribution in [-0.2, 0) is 9.53 Å². The fourth-order valence-electron chi connectivity index (χ4n) is 1.32. The molecule has 0 bridgehead atoms. The molecule has 1 heterocycles. The third-order valence-corrected chi connectivity index (χ3v) is 2.12. The highest BCUT2D eigenvalue weighted by atomic mass is 16.5. The van der Waals surface area contributed by atoms with E-state index in [9.17, 15) is 4.79 Å². The fraction of sp³-hybridized carbons (Fsp3) is 0.667. The SMILES string of the molecule is C=CC(=O)OC1CCN(C)CC1. The highest BCUT2D eigenvalue weighted by molar-refractivity contribution is 5.81. The molecule has 1 saturated heterocycles. The molecule has 0 unspecified atom stereocenters. The molecule has 0 aromatic heterocycles. The monoisotopic (exact) mass is 169 g/mol. The molecule has 1 fully saturated rings. The maximum atomic E-state index is 10.8. The van der Waals surface area contributed by atoms with Crippen LogP contribution in [0.3, 0.4) is 0 Å². The molecule has 3 nitrogen and oxygen atoms in total. The summed E-state index contributed by atoms with van der Waals surface area (Å²) in [6, 6.07) is 0. The van der Waals surface area contributed by atoms with Gasteiger partial charge in [0, 0.05) is 19.2 Å². The maximum absolute atomic E-state index is 10.8. The zero-order chi connectivity index (χ0) is 8.97. The maximum Gasteiger partial charge on any atom is 0.330 e. The number of esters is 1. The lowest BCUT2D eigenvalue weighted by Gasteiger charge is -2.28. The van der Waals surface area contributed by atoms with E-state index >= 15 is 0 Å². The number of hydrogen-bond acceptors (Lipinski definition) is 3. The molecular formula is C9H15NO2. The summed E-state index contributed by atoms with van der Waals surface area (Å²) < 4.78 is 5.11. The number of likely N-dealkylation sites (tertiary alicyclic amines) is 1. The summed E-state index contributed by atoms with van der Waals surface area (Å²) in [7, 11) is 2.07. The highest BCUT2D eigenvalue weighted by Crippen LogP contribution is 2.11. The van der Waals surface area contributed by atoms with Crippen molar-refractivity contribution in [3.05, 3.63) is 12.7 Å². The molecule has 0 atom stereocenters. The summed E-state index contributed by atoms with van der Waals surface area (Å²) in [6.45, 7) is 5.37. The van der Waals surface area contributed by atoms with Gasteiger partial charge in [-0.1, -0.05) is 6.58 Å². The lowest BCUT2D eigenvalue weighted by atomic mass is 10.1. The fourth-order valence-corrected chi connectivity index (χ4v) is 1.32. The Balaban J connectivity index is 2.26. The Hall–Kier alpha value is -0.830. The molecule has 68 valence electrons. The highest BCUT2D eigenvalue weighted by Gasteiger charge is 2.18. The van der Waals surface area contributed by atoms with Gasteiger partial charge in [-0.05, 0) is 19.9 Å². The van der Waals surface area contributed by atoms with Gasteiger partial charge in [-0.25, -0.2) is 4.79 Å². The van der Waals surface area contributed by atoms with Gasteiger partial charge in [0.1, 0.15) is 6.10 Å². The summed E-state index contributed by atoms with van der Waals surface area (Å²) in [4.78, 5) is 13.0. The van der Waals surface area contributed by atoms with Crippen molar-refractivity contribution in [3.8, 4) is 0 Å². The van der Waals surface area contributed by atoms with Crippen molar-refractivity contribution in [1.82, 2.24) is 4.90 Å². The molecule has 0 spiro atoms. The molecule has 0 aromatic rings. The first-order valence-electron chi connectivity index (χ1n) is 4.24. The van der Waals surface area contributed by atoms with Gasteiger partial charge in [0.25, 0.3) is 0 Å².